The SMILES string of the molecule is Oc1cccc(CSC2CCCNCC2)c1. The summed E-state index contributed by atoms with van der Waals surface area (Å²) in [5.74, 6) is 1.39. The van der Waals surface area contributed by atoms with Crippen molar-refractivity contribution in [3.8, 4) is 5.75 Å². The van der Waals surface area contributed by atoms with Crippen molar-refractivity contribution in [3.05, 3.63) is 29.8 Å². The number of phenols is 1. The first kappa shape index (κ1) is 11.8. The second-order valence-electron chi connectivity index (χ2n) is 4.28. The molecule has 0 bridgehead atoms. The fourth-order valence-electron chi connectivity index (χ4n) is 2.01. The van der Waals surface area contributed by atoms with Gasteiger partial charge >= 0.3 is 0 Å². The Balaban J connectivity index is 1.81. The van der Waals surface area contributed by atoms with Crippen molar-refractivity contribution in [2.75, 3.05) is 13.1 Å². The van der Waals surface area contributed by atoms with Crippen LogP contribution in [0.3, 0.4) is 0 Å². The van der Waals surface area contributed by atoms with E-state index in [0.29, 0.717) is 5.75 Å². The molecule has 0 aromatic heterocycles. The van der Waals surface area contributed by atoms with Crippen LogP contribution >= 0.6 is 11.8 Å². The quantitative estimate of drug-likeness (QED) is 0.848. The van der Waals surface area contributed by atoms with Gasteiger partial charge in [0.2, 0.25) is 0 Å². The van der Waals surface area contributed by atoms with Gasteiger partial charge in [0.25, 0.3) is 0 Å². The summed E-state index contributed by atoms with van der Waals surface area (Å²) >= 11 is 2.02. The van der Waals surface area contributed by atoms with Gasteiger partial charge in [0.15, 0.2) is 0 Å². The largest absolute Gasteiger partial charge is 0.508 e. The summed E-state index contributed by atoms with van der Waals surface area (Å²) in [6.45, 7) is 2.32. The maximum atomic E-state index is 9.38. The van der Waals surface area contributed by atoms with Crippen LogP contribution in [0.4, 0.5) is 0 Å². The summed E-state index contributed by atoms with van der Waals surface area (Å²) in [5.41, 5.74) is 1.22. The Hall–Kier alpha value is -0.670. The number of hydrogen-bond donors (Lipinski definition) is 2. The third kappa shape index (κ3) is 3.72. The normalized spacial score (nSPS) is 21.6. The van der Waals surface area contributed by atoms with Crippen molar-refractivity contribution < 1.29 is 5.11 Å². The molecule has 1 aliphatic rings. The predicted octanol–water partition coefficient (Wildman–Crippen LogP) is 2.77. The number of aromatic hydroxyl groups is 1. The number of rotatable bonds is 3. The summed E-state index contributed by atoms with van der Waals surface area (Å²) < 4.78 is 0. The molecule has 0 spiro atoms. The highest BCUT2D eigenvalue weighted by atomic mass is 32.2. The van der Waals surface area contributed by atoms with E-state index in [2.05, 4.69) is 11.4 Å². The molecule has 16 heavy (non-hydrogen) atoms. The predicted molar refractivity (Wildman–Crippen MR) is 69.9 cm³/mol. The molecule has 1 heterocycles. The van der Waals surface area contributed by atoms with Crippen LogP contribution in [0, 0.1) is 0 Å². The van der Waals surface area contributed by atoms with Crippen LogP contribution in [0.1, 0.15) is 24.8 Å². The van der Waals surface area contributed by atoms with Gasteiger partial charge in [-0.3, -0.25) is 0 Å². The minimum absolute atomic E-state index is 0.376. The molecule has 1 saturated heterocycles. The second kappa shape index (κ2) is 6.16. The van der Waals surface area contributed by atoms with Crippen molar-refractivity contribution in [3.63, 3.8) is 0 Å². The maximum absolute atomic E-state index is 9.38. The molecular formula is C13H19NOS. The number of hydrogen-bond acceptors (Lipinski definition) is 3. The first-order chi connectivity index (χ1) is 7.84. The van der Waals surface area contributed by atoms with Gasteiger partial charge in [-0.25, -0.2) is 0 Å². The molecule has 0 radical (unpaired) electrons. The smallest absolute Gasteiger partial charge is 0.115 e. The Morgan fingerprint density at radius 3 is 3.12 bits per heavy atom. The average molecular weight is 237 g/mol. The van der Waals surface area contributed by atoms with E-state index >= 15 is 0 Å². The summed E-state index contributed by atoms with van der Waals surface area (Å²) in [5, 5.41) is 13.6. The molecule has 3 heteroatoms. The van der Waals surface area contributed by atoms with E-state index in [1.165, 1.54) is 31.4 Å². The van der Waals surface area contributed by atoms with Crippen LogP contribution in [0.15, 0.2) is 24.3 Å². The zero-order valence-corrected chi connectivity index (χ0v) is 10.3. The minimum atomic E-state index is 0.376. The Labute approximate surface area is 101 Å². The molecule has 2 nitrogen and oxygen atoms in total. The molecule has 1 atom stereocenters. The first-order valence-corrected chi connectivity index (χ1v) is 7.00. The number of thioether (sulfide) groups is 1. The molecule has 2 N–H and O–H groups in total. The lowest BCUT2D eigenvalue weighted by Gasteiger charge is -2.13. The van der Waals surface area contributed by atoms with E-state index in [-0.39, 0.29) is 0 Å². The highest BCUT2D eigenvalue weighted by Crippen LogP contribution is 2.26. The fraction of sp³-hybridized carbons (Fsp3) is 0.538. The zero-order chi connectivity index (χ0) is 11.2. The Bertz CT molecular complexity index is 321. The van der Waals surface area contributed by atoms with Crippen molar-refractivity contribution >= 4 is 11.8 Å². The van der Waals surface area contributed by atoms with Gasteiger partial charge in [-0.15, -0.1) is 0 Å². The summed E-state index contributed by atoms with van der Waals surface area (Å²) in [7, 11) is 0. The van der Waals surface area contributed by atoms with Gasteiger partial charge in [0, 0.05) is 11.0 Å². The Morgan fingerprint density at radius 1 is 1.31 bits per heavy atom. The average Bonchev–Trinajstić information content (AvgIpc) is 2.55. The standard InChI is InChI=1S/C13H19NOS/c15-12-4-1-3-11(9-12)10-16-13-5-2-7-14-8-6-13/h1,3-4,9,13-15H,2,5-8,10H2. The second-order valence-corrected chi connectivity index (χ2v) is 5.57. The van der Waals surface area contributed by atoms with Gasteiger partial charge in [-0.1, -0.05) is 12.1 Å². The van der Waals surface area contributed by atoms with Crippen LogP contribution in [-0.4, -0.2) is 23.4 Å². The van der Waals surface area contributed by atoms with E-state index in [0.717, 1.165) is 17.5 Å². The van der Waals surface area contributed by atoms with E-state index in [1.54, 1.807) is 6.07 Å². The van der Waals surface area contributed by atoms with Gasteiger partial charge in [-0.2, -0.15) is 11.8 Å². The van der Waals surface area contributed by atoms with Crippen molar-refractivity contribution in [1.82, 2.24) is 5.32 Å². The van der Waals surface area contributed by atoms with E-state index in [4.69, 9.17) is 0 Å². The summed E-state index contributed by atoms with van der Waals surface area (Å²) in [4.78, 5) is 0. The lowest BCUT2D eigenvalue weighted by Crippen LogP contribution is -2.14. The molecular weight excluding hydrogens is 218 g/mol. The molecule has 1 aliphatic heterocycles. The molecule has 2 rings (SSSR count). The van der Waals surface area contributed by atoms with Crippen LogP contribution in [0.25, 0.3) is 0 Å². The number of nitrogens with one attached hydrogen (secondary N) is 1. The first-order valence-electron chi connectivity index (χ1n) is 5.95. The van der Waals surface area contributed by atoms with Crippen LogP contribution in [0.2, 0.25) is 0 Å². The van der Waals surface area contributed by atoms with E-state index in [1.807, 2.05) is 23.9 Å². The maximum Gasteiger partial charge on any atom is 0.115 e. The molecule has 1 aromatic carbocycles. The van der Waals surface area contributed by atoms with Crippen LogP contribution < -0.4 is 5.32 Å². The molecule has 0 saturated carbocycles. The van der Waals surface area contributed by atoms with Gasteiger partial charge in [0.05, 0.1) is 0 Å². The third-order valence-corrected chi connectivity index (χ3v) is 4.36. The van der Waals surface area contributed by atoms with Gasteiger partial charge in [0.1, 0.15) is 5.75 Å². The highest BCUT2D eigenvalue weighted by molar-refractivity contribution is 7.99. The third-order valence-electron chi connectivity index (χ3n) is 2.92. The molecule has 88 valence electrons. The van der Waals surface area contributed by atoms with Crippen LogP contribution in [-0.2, 0) is 5.75 Å². The van der Waals surface area contributed by atoms with Crippen LogP contribution in [0.5, 0.6) is 5.75 Å². The van der Waals surface area contributed by atoms with Crippen molar-refractivity contribution in [1.29, 1.82) is 0 Å². The minimum Gasteiger partial charge on any atom is -0.508 e. The Morgan fingerprint density at radius 2 is 2.25 bits per heavy atom. The highest BCUT2D eigenvalue weighted by Gasteiger charge is 2.12. The molecule has 0 aliphatic carbocycles. The fourth-order valence-corrected chi connectivity index (χ4v) is 3.24. The van der Waals surface area contributed by atoms with Crippen molar-refractivity contribution in [2.45, 2.75) is 30.3 Å². The zero-order valence-electron chi connectivity index (χ0n) is 9.48. The van der Waals surface area contributed by atoms with Crippen molar-refractivity contribution in [2.24, 2.45) is 0 Å². The molecule has 1 unspecified atom stereocenters. The number of phenolic OH excluding ortho intramolecular Hbond substituents is 1. The van der Waals surface area contributed by atoms with E-state index < -0.39 is 0 Å². The lowest BCUT2D eigenvalue weighted by molar-refractivity contribution is 0.475. The van der Waals surface area contributed by atoms with E-state index in [9.17, 15) is 5.11 Å². The lowest BCUT2D eigenvalue weighted by atomic mass is 10.2. The summed E-state index contributed by atoms with van der Waals surface area (Å²) in [6.07, 6.45) is 3.87. The molecule has 1 aromatic rings. The monoisotopic (exact) mass is 237 g/mol. The van der Waals surface area contributed by atoms with Gasteiger partial charge < -0.3 is 10.4 Å². The molecule has 0 amide bonds. The summed E-state index contributed by atoms with van der Waals surface area (Å²) in [6, 6.07) is 7.59. The van der Waals surface area contributed by atoms with Gasteiger partial charge in [-0.05, 0) is 50.0 Å². The Kier molecular flexibility index (Phi) is 4.55. The number of benzene rings is 1. The topological polar surface area (TPSA) is 32.3 Å². The molecule has 1 fully saturated rings.